The maximum absolute atomic E-state index is 13.3. The Kier molecular flexibility index (Phi) is 6.05. The first kappa shape index (κ1) is 23.1. The second-order valence-electron chi connectivity index (χ2n) is 8.49. The summed E-state index contributed by atoms with van der Waals surface area (Å²) in [6, 6.07) is 11.4. The monoisotopic (exact) mass is 504 g/mol. The molecule has 0 saturated heterocycles. The number of rotatable bonds is 5. The van der Waals surface area contributed by atoms with Gasteiger partial charge in [0.15, 0.2) is 0 Å². The number of hydrogen-bond donors (Lipinski definition) is 2. The van der Waals surface area contributed by atoms with Crippen LogP contribution >= 0.6 is 23.2 Å². The molecule has 0 aliphatic heterocycles. The third-order valence-corrected chi connectivity index (χ3v) is 6.46. The molecule has 0 bridgehead atoms. The number of benzene rings is 1. The number of aromatic nitrogens is 4. The van der Waals surface area contributed by atoms with Gasteiger partial charge in [-0.1, -0.05) is 29.3 Å². The van der Waals surface area contributed by atoms with Crippen LogP contribution < -0.4 is 11.1 Å². The van der Waals surface area contributed by atoms with E-state index in [1.807, 2.05) is 48.9 Å². The Hall–Kier alpha value is -3.68. The predicted octanol–water partition coefficient (Wildman–Crippen LogP) is 5.46. The van der Waals surface area contributed by atoms with E-state index in [-0.39, 0.29) is 5.91 Å². The van der Waals surface area contributed by atoms with Gasteiger partial charge in [0.1, 0.15) is 11.0 Å². The van der Waals surface area contributed by atoms with Crippen molar-refractivity contribution in [1.29, 1.82) is 0 Å². The first-order valence-electron chi connectivity index (χ1n) is 11.0. The average molecular weight is 505 g/mol. The van der Waals surface area contributed by atoms with Crippen molar-refractivity contribution in [1.82, 2.24) is 24.8 Å². The molecule has 0 unspecified atom stereocenters. The molecule has 0 aliphatic rings. The number of nitrogen functional groups attached to an aromatic ring is 1. The van der Waals surface area contributed by atoms with E-state index >= 15 is 0 Å². The Morgan fingerprint density at radius 2 is 1.91 bits per heavy atom. The summed E-state index contributed by atoms with van der Waals surface area (Å²) in [5.74, 6) is 0.258. The summed E-state index contributed by atoms with van der Waals surface area (Å²) in [5.41, 5.74) is 11.8. The minimum Gasteiger partial charge on any atom is -0.384 e. The number of nitrogens with zero attached hydrogens (tertiary/aromatic N) is 4. The molecule has 35 heavy (non-hydrogen) atoms. The van der Waals surface area contributed by atoms with Crippen LogP contribution in [0.3, 0.4) is 0 Å². The van der Waals surface area contributed by atoms with E-state index in [1.165, 1.54) is 0 Å². The van der Waals surface area contributed by atoms with Crippen molar-refractivity contribution in [2.45, 2.75) is 26.9 Å². The Bertz CT molecular complexity index is 1590. The number of halogens is 2. The molecule has 176 valence electrons. The molecule has 0 atom stereocenters. The van der Waals surface area contributed by atoms with Gasteiger partial charge in [-0.25, -0.2) is 9.97 Å². The van der Waals surface area contributed by atoms with Gasteiger partial charge in [-0.05, 0) is 60.9 Å². The fourth-order valence-corrected chi connectivity index (χ4v) is 4.67. The number of nitrogens with two attached hydrogens (primary N) is 1. The van der Waals surface area contributed by atoms with E-state index in [0.717, 1.165) is 44.2 Å². The first-order valence-corrected chi connectivity index (χ1v) is 11.7. The number of carbonyl (C=O) groups excluding carboxylic acids is 1. The molecule has 0 spiro atoms. The summed E-state index contributed by atoms with van der Waals surface area (Å²) in [5, 5.41) is 5.61. The van der Waals surface area contributed by atoms with Crippen LogP contribution in [0.15, 0.2) is 55.0 Å². The van der Waals surface area contributed by atoms with Crippen LogP contribution in [0, 0.1) is 13.8 Å². The normalized spacial score (nSPS) is 11.3. The van der Waals surface area contributed by atoms with Gasteiger partial charge in [0.25, 0.3) is 5.91 Å². The Balaban J connectivity index is 1.47. The standard InChI is InChI=1S/C26H22Cl2N6O/c1-14-5-25(29)33-15(2)20(14)10-32-26(35)21-13-34(23-11-31-24(28)8-19(21)23)12-16-3-4-22-17(6-16)7-18(27)9-30-22/h3-9,11,13H,10,12H2,1-2H3,(H2,29,33)(H,32,35). The van der Waals surface area contributed by atoms with Gasteiger partial charge >= 0.3 is 0 Å². The maximum Gasteiger partial charge on any atom is 0.253 e. The van der Waals surface area contributed by atoms with Crippen LogP contribution in [-0.4, -0.2) is 25.4 Å². The van der Waals surface area contributed by atoms with Gasteiger partial charge in [-0.15, -0.1) is 0 Å². The van der Waals surface area contributed by atoms with Crippen LogP contribution in [0.25, 0.3) is 21.8 Å². The predicted molar refractivity (Wildman–Crippen MR) is 140 cm³/mol. The van der Waals surface area contributed by atoms with Gasteiger partial charge in [-0.2, -0.15) is 0 Å². The van der Waals surface area contributed by atoms with Crippen LogP contribution in [0.5, 0.6) is 0 Å². The summed E-state index contributed by atoms with van der Waals surface area (Å²) in [6.45, 7) is 4.72. The molecule has 0 aliphatic carbocycles. The van der Waals surface area contributed by atoms with Crippen molar-refractivity contribution in [3.63, 3.8) is 0 Å². The van der Waals surface area contributed by atoms with Crippen molar-refractivity contribution in [3.8, 4) is 0 Å². The molecule has 1 amide bonds. The highest BCUT2D eigenvalue weighted by Gasteiger charge is 2.17. The summed E-state index contributed by atoms with van der Waals surface area (Å²) in [4.78, 5) is 26.1. The molecule has 3 N–H and O–H groups in total. The zero-order chi connectivity index (χ0) is 24.7. The molecule has 0 saturated carbocycles. The second-order valence-corrected chi connectivity index (χ2v) is 9.31. The van der Waals surface area contributed by atoms with Crippen LogP contribution in [0.1, 0.15) is 32.7 Å². The smallest absolute Gasteiger partial charge is 0.253 e. The lowest BCUT2D eigenvalue weighted by molar-refractivity contribution is 0.0952. The fourth-order valence-electron chi connectivity index (χ4n) is 4.34. The molecular weight excluding hydrogens is 483 g/mol. The summed E-state index contributed by atoms with van der Waals surface area (Å²) in [6.07, 6.45) is 5.15. The highest BCUT2D eigenvalue weighted by Crippen LogP contribution is 2.26. The Morgan fingerprint density at radius 3 is 2.71 bits per heavy atom. The molecule has 4 aromatic heterocycles. The molecule has 0 radical (unpaired) electrons. The van der Waals surface area contributed by atoms with Crippen molar-refractivity contribution >= 4 is 56.7 Å². The third-order valence-electron chi connectivity index (χ3n) is 6.04. The largest absolute Gasteiger partial charge is 0.384 e. The Labute approximate surface area is 211 Å². The molecular formula is C26H22Cl2N6O. The SMILES string of the molecule is Cc1cc(N)nc(C)c1CNC(=O)c1cn(Cc2ccc3ncc(Cl)cc3c2)c2cnc(Cl)cc12. The van der Waals surface area contributed by atoms with Gasteiger partial charge in [0, 0.05) is 41.9 Å². The number of pyridine rings is 3. The number of aryl methyl sites for hydroxylation is 2. The van der Waals surface area contributed by atoms with E-state index in [0.29, 0.717) is 34.6 Å². The van der Waals surface area contributed by atoms with Gasteiger partial charge in [0.05, 0.1) is 27.8 Å². The number of hydrogen-bond acceptors (Lipinski definition) is 5. The molecule has 4 heterocycles. The number of anilines is 1. The van der Waals surface area contributed by atoms with Crippen LogP contribution in [-0.2, 0) is 13.1 Å². The number of carbonyl (C=O) groups is 1. The topological polar surface area (TPSA) is 98.7 Å². The van der Waals surface area contributed by atoms with Crippen LogP contribution in [0.4, 0.5) is 5.82 Å². The van der Waals surface area contributed by atoms with E-state index in [1.54, 1.807) is 24.5 Å². The summed E-state index contributed by atoms with van der Waals surface area (Å²) in [7, 11) is 0. The van der Waals surface area contributed by atoms with Gasteiger partial charge in [-0.3, -0.25) is 9.78 Å². The number of fused-ring (bicyclic) bond motifs is 2. The maximum atomic E-state index is 13.3. The first-order chi connectivity index (χ1) is 16.8. The third kappa shape index (κ3) is 4.65. The van der Waals surface area contributed by atoms with E-state index in [4.69, 9.17) is 28.9 Å². The van der Waals surface area contributed by atoms with E-state index in [2.05, 4.69) is 20.3 Å². The molecule has 5 rings (SSSR count). The number of nitrogens with one attached hydrogen (secondary N) is 1. The lowest BCUT2D eigenvalue weighted by Gasteiger charge is -2.11. The van der Waals surface area contributed by atoms with Crippen LogP contribution in [0.2, 0.25) is 10.2 Å². The molecule has 1 aromatic carbocycles. The minimum atomic E-state index is -0.207. The van der Waals surface area contributed by atoms with Crippen molar-refractivity contribution in [2.24, 2.45) is 0 Å². The lowest BCUT2D eigenvalue weighted by atomic mass is 10.1. The molecule has 0 fully saturated rings. The highest BCUT2D eigenvalue weighted by atomic mass is 35.5. The summed E-state index contributed by atoms with van der Waals surface area (Å²) >= 11 is 12.3. The second kappa shape index (κ2) is 9.17. The van der Waals surface area contributed by atoms with Crippen molar-refractivity contribution in [2.75, 3.05) is 5.73 Å². The van der Waals surface area contributed by atoms with Crippen molar-refractivity contribution in [3.05, 3.63) is 93.1 Å². The van der Waals surface area contributed by atoms with E-state index < -0.39 is 0 Å². The Morgan fingerprint density at radius 1 is 1.09 bits per heavy atom. The molecule has 9 heteroatoms. The van der Waals surface area contributed by atoms with Gasteiger partial charge < -0.3 is 15.6 Å². The quantitative estimate of drug-likeness (QED) is 0.309. The fraction of sp³-hybridized carbons (Fsp3) is 0.154. The van der Waals surface area contributed by atoms with Gasteiger partial charge in [0.2, 0.25) is 0 Å². The highest BCUT2D eigenvalue weighted by molar-refractivity contribution is 6.31. The zero-order valence-electron chi connectivity index (χ0n) is 19.1. The minimum absolute atomic E-state index is 0.207. The molecule has 7 nitrogen and oxygen atoms in total. The lowest BCUT2D eigenvalue weighted by Crippen LogP contribution is -2.24. The summed E-state index contributed by atoms with van der Waals surface area (Å²) < 4.78 is 1.99. The number of amides is 1. The average Bonchev–Trinajstić information content (AvgIpc) is 3.15. The molecule has 5 aromatic rings. The van der Waals surface area contributed by atoms with E-state index in [9.17, 15) is 4.79 Å². The van der Waals surface area contributed by atoms with Crippen molar-refractivity contribution < 1.29 is 4.79 Å². The zero-order valence-corrected chi connectivity index (χ0v) is 20.7.